The minimum absolute atomic E-state index is 0. The van der Waals surface area contributed by atoms with Crippen LogP contribution in [-0.4, -0.2) is 32.1 Å². The third-order valence-corrected chi connectivity index (χ3v) is 4.10. The van der Waals surface area contributed by atoms with Crippen molar-refractivity contribution in [3.63, 3.8) is 0 Å². The van der Waals surface area contributed by atoms with E-state index in [1.54, 1.807) is 0 Å². The zero-order valence-electron chi connectivity index (χ0n) is 13.9. The monoisotopic (exact) mass is 340 g/mol. The van der Waals surface area contributed by atoms with Gasteiger partial charge in [-0.05, 0) is 43.3 Å². The van der Waals surface area contributed by atoms with E-state index in [4.69, 9.17) is 4.74 Å². The van der Waals surface area contributed by atoms with Crippen LogP contribution in [0.2, 0.25) is 0 Å². The van der Waals surface area contributed by atoms with Gasteiger partial charge in [-0.25, -0.2) is 0 Å². The molecule has 5 heteroatoms. The molecule has 2 unspecified atom stereocenters. The van der Waals surface area contributed by atoms with E-state index in [1.807, 2.05) is 18.2 Å². The SMILES string of the molecule is CC(CNC(=O)CCC1CCNC1)COCc1ccccc1.Cl. The van der Waals surface area contributed by atoms with Gasteiger partial charge in [-0.1, -0.05) is 37.3 Å². The Balaban J connectivity index is 0.00000264. The van der Waals surface area contributed by atoms with Crippen molar-refractivity contribution in [1.82, 2.24) is 10.6 Å². The summed E-state index contributed by atoms with van der Waals surface area (Å²) in [6, 6.07) is 10.2. The number of amides is 1. The quantitative estimate of drug-likeness (QED) is 0.726. The number of benzene rings is 1. The van der Waals surface area contributed by atoms with Crippen LogP contribution >= 0.6 is 12.4 Å². The van der Waals surface area contributed by atoms with Gasteiger partial charge in [-0.3, -0.25) is 4.79 Å². The van der Waals surface area contributed by atoms with Gasteiger partial charge in [0.2, 0.25) is 5.91 Å². The molecule has 0 spiro atoms. The van der Waals surface area contributed by atoms with Gasteiger partial charge in [0.1, 0.15) is 0 Å². The van der Waals surface area contributed by atoms with E-state index in [9.17, 15) is 4.79 Å². The Bertz CT molecular complexity index is 436. The predicted molar refractivity (Wildman–Crippen MR) is 95.7 cm³/mol. The maximum atomic E-state index is 11.8. The first-order valence-electron chi connectivity index (χ1n) is 8.33. The van der Waals surface area contributed by atoms with Gasteiger partial charge in [-0.2, -0.15) is 0 Å². The molecule has 0 bridgehead atoms. The molecule has 1 saturated heterocycles. The van der Waals surface area contributed by atoms with Gasteiger partial charge in [0.05, 0.1) is 13.2 Å². The average molecular weight is 341 g/mol. The van der Waals surface area contributed by atoms with Crippen molar-refractivity contribution in [2.24, 2.45) is 11.8 Å². The summed E-state index contributed by atoms with van der Waals surface area (Å²) in [5.41, 5.74) is 1.18. The van der Waals surface area contributed by atoms with Crippen molar-refractivity contribution < 1.29 is 9.53 Å². The first-order chi connectivity index (χ1) is 10.7. The van der Waals surface area contributed by atoms with Crippen LogP contribution in [0.1, 0.15) is 31.7 Å². The molecule has 1 amide bonds. The zero-order chi connectivity index (χ0) is 15.6. The van der Waals surface area contributed by atoms with Crippen LogP contribution in [0.3, 0.4) is 0 Å². The summed E-state index contributed by atoms with van der Waals surface area (Å²) in [5, 5.41) is 6.35. The molecule has 1 aromatic rings. The molecule has 1 heterocycles. The van der Waals surface area contributed by atoms with E-state index in [1.165, 1.54) is 12.0 Å². The molecule has 130 valence electrons. The van der Waals surface area contributed by atoms with Gasteiger partial charge in [0, 0.05) is 13.0 Å². The third-order valence-electron chi connectivity index (χ3n) is 4.10. The lowest BCUT2D eigenvalue weighted by molar-refractivity contribution is -0.121. The van der Waals surface area contributed by atoms with Gasteiger partial charge >= 0.3 is 0 Å². The Morgan fingerprint density at radius 2 is 2.17 bits per heavy atom. The number of carbonyl (C=O) groups excluding carboxylic acids is 1. The molecule has 0 saturated carbocycles. The summed E-state index contributed by atoms with van der Waals surface area (Å²) < 4.78 is 5.70. The number of halogens is 1. The van der Waals surface area contributed by atoms with E-state index >= 15 is 0 Å². The highest BCUT2D eigenvalue weighted by Crippen LogP contribution is 2.13. The fourth-order valence-electron chi connectivity index (χ4n) is 2.68. The second-order valence-corrected chi connectivity index (χ2v) is 6.31. The molecule has 1 fully saturated rings. The summed E-state index contributed by atoms with van der Waals surface area (Å²) in [7, 11) is 0. The zero-order valence-corrected chi connectivity index (χ0v) is 14.7. The number of nitrogens with one attached hydrogen (secondary N) is 2. The minimum atomic E-state index is 0. The summed E-state index contributed by atoms with van der Waals surface area (Å²) >= 11 is 0. The van der Waals surface area contributed by atoms with Crippen molar-refractivity contribution in [2.45, 2.75) is 32.8 Å². The largest absolute Gasteiger partial charge is 0.376 e. The van der Waals surface area contributed by atoms with Crippen LogP contribution in [0.5, 0.6) is 0 Å². The van der Waals surface area contributed by atoms with Crippen LogP contribution in [-0.2, 0) is 16.1 Å². The van der Waals surface area contributed by atoms with Gasteiger partial charge in [0.25, 0.3) is 0 Å². The fraction of sp³-hybridized carbons (Fsp3) is 0.611. The van der Waals surface area contributed by atoms with Gasteiger partial charge < -0.3 is 15.4 Å². The molecule has 0 aliphatic carbocycles. The van der Waals surface area contributed by atoms with Crippen LogP contribution < -0.4 is 10.6 Å². The van der Waals surface area contributed by atoms with Crippen LogP contribution in [0.15, 0.2) is 30.3 Å². The number of carbonyl (C=O) groups is 1. The van der Waals surface area contributed by atoms with Gasteiger partial charge in [-0.15, -0.1) is 12.4 Å². The molecule has 2 N–H and O–H groups in total. The molecule has 0 aromatic heterocycles. The highest BCUT2D eigenvalue weighted by Gasteiger charge is 2.15. The second kappa shape index (κ2) is 11.4. The minimum Gasteiger partial charge on any atom is -0.376 e. The summed E-state index contributed by atoms with van der Waals surface area (Å²) in [6.07, 6.45) is 2.85. The van der Waals surface area contributed by atoms with E-state index < -0.39 is 0 Å². The van der Waals surface area contributed by atoms with Crippen molar-refractivity contribution in [3.05, 3.63) is 35.9 Å². The first kappa shape index (κ1) is 19.9. The Hall–Kier alpha value is -1.10. The van der Waals surface area contributed by atoms with Gasteiger partial charge in [0.15, 0.2) is 0 Å². The molecule has 2 atom stereocenters. The van der Waals surface area contributed by atoms with E-state index in [0.717, 1.165) is 19.5 Å². The molecular formula is C18H29ClN2O2. The lowest BCUT2D eigenvalue weighted by atomic mass is 10.0. The number of ether oxygens (including phenoxy) is 1. The molecule has 1 aromatic carbocycles. The van der Waals surface area contributed by atoms with Crippen molar-refractivity contribution >= 4 is 18.3 Å². The van der Waals surface area contributed by atoms with E-state index in [-0.39, 0.29) is 18.3 Å². The average Bonchev–Trinajstić information content (AvgIpc) is 3.05. The Morgan fingerprint density at radius 1 is 1.39 bits per heavy atom. The molecule has 2 rings (SSSR count). The Morgan fingerprint density at radius 3 is 2.87 bits per heavy atom. The molecule has 0 radical (unpaired) electrons. The maximum Gasteiger partial charge on any atom is 0.220 e. The number of hydrogen-bond acceptors (Lipinski definition) is 3. The van der Waals surface area contributed by atoms with Crippen LogP contribution in [0.4, 0.5) is 0 Å². The molecular weight excluding hydrogens is 312 g/mol. The third kappa shape index (κ3) is 8.35. The van der Waals surface area contributed by atoms with Crippen molar-refractivity contribution in [1.29, 1.82) is 0 Å². The second-order valence-electron chi connectivity index (χ2n) is 6.31. The molecule has 4 nitrogen and oxygen atoms in total. The van der Waals surface area contributed by atoms with Crippen LogP contribution in [0.25, 0.3) is 0 Å². The lowest BCUT2D eigenvalue weighted by Crippen LogP contribution is -2.30. The predicted octanol–water partition coefficient (Wildman–Crippen LogP) is 2.77. The topological polar surface area (TPSA) is 50.4 Å². The van der Waals surface area contributed by atoms with Crippen molar-refractivity contribution in [3.8, 4) is 0 Å². The highest BCUT2D eigenvalue weighted by atomic mass is 35.5. The summed E-state index contributed by atoms with van der Waals surface area (Å²) in [5.74, 6) is 1.18. The Labute approximate surface area is 145 Å². The standard InChI is InChI=1S/C18H28N2O2.ClH/c1-15(13-22-14-17-5-3-2-4-6-17)11-20-18(21)8-7-16-9-10-19-12-16;/h2-6,15-16,19H,7-14H2,1H3,(H,20,21);1H. The lowest BCUT2D eigenvalue weighted by Gasteiger charge is -2.14. The maximum absolute atomic E-state index is 11.8. The van der Waals surface area contributed by atoms with E-state index in [0.29, 0.717) is 38.0 Å². The molecule has 23 heavy (non-hydrogen) atoms. The van der Waals surface area contributed by atoms with E-state index in [2.05, 4.69) is 29.7 Å². The first-order valence-corrected chi connectivity index (χ1v) is 8.33. The number of rotatable bonds is 9. The van der Waals surface area contributed by atoms with Crippen molar-refractivity contribution in [2.75, 3.05) is 26.2 Å². The van der Waals surface area contributed by atoms with Crippen LogP contribution in [0, 0.1) is 11.8 Å². The smallest absolute Gasteiger partial charge is 0.220 e. The normalized spacial score (nSPS) is 18.2. The molecule has 1 aliphatic heterocycles. The highest BCUT2D eigenvalue weighted by molar-refractivity contribution is 5.85. The summed E-state index contributed by atoms with van der Waals surface area (Å²) in [4.78, 5) is 11.8. The summed E-state index contributed by atoms with van der Waals surface area (Å²) in [6.45, 7) is 6.26. The molecule has 1 aliphatic rings. The number of hydrogen-bond donors (Lipinski definition) is 2. The Kier molecular flexibility index (Phi) is 9.92. The fourth-order valence-corrected chi connectivity index (χ4v) is 2.68.